The third kappa shape index (κ3) is 4.07. The molecular weight excluding hydrogens is 453 g/mol. The summed E-state index contributed by atoms with van der Waals surface area (Å²) >= 11 is 9.07. The zero-order valence-electron chi connectivity index (χ0n) is 16.1. The molecule has 1 saturated heterocycles. The van der Waals surface area contributed by atoms with E-state index in [-0.39, 0.29) is 17.9 Å². The molecule has 0 unspecified atom stereocenters. The van der Waals surface area contributed by atoms with Gasteiger partial charge in [-0.25, -0.2) is 4.39 Å². The molecule has 0 spiro atoms. The van der Waals surface area contributed by atoms with Crippen molar-refractivity contribution in [2.45, 2.75) is 25.9 Å². The fourth-order valence-corrected chi connectivity index (χ4v) is 4.51. The van der Waals surface area contributed by atoms with Crippen molar-refractivity contribution in [1.29, 1.82) is 0 Å². The normalized spacial score (nSPS) is 19.1. The predicted octanol–water partition coefficient (Wildman–Crippen LogP) is 5.87. The van der Waals surface area contributed by atoms with Gasteiger partial charge in [-0.3, -0.25) is 4.98 Å². The Morgan fingerprint density at radius 3 is 2.76 bits per heavy atom. The minimum atomic E-state index is -0.295. The number of benzene rings is 1. The van der Waals surface area contributed by atoms with Crippen LogP contribution >= 0.6 is 28.1 Å². The van der Waals surface area contributed by atoms with Crippen molar-refractivity contribution in [3.63, 3.8) is 0 Å². The number of hydrogen-bond acceptors (Lipinski definition) is 3. The fraction of sp³-hybridized carbons (Fsp3) is 0.273. The fourth-order valence-electron chi connectivity index (χ4n) is 3.65. The van der Waals surface area contributed by atoms with Crippen LogP contribution in [-0.2, 0) is 0 Å². The molecule has 4 rings (SSSR count). The first-order chi connectivity index (χ1) is 13.9. The highest BCUT2D eigenvalue weighted by Gasteiger charge is 2.41. The molecule has 3 aromatic rings. The zero-order chi connectivity index (χ0) is 20.5. The molecule has 0 amide bonds. The summed E-state index contributed by atoms with van der Waals surface area (Å²) in [7, 11) is 0. The molecule has 0 aliphatic carbocycles. The van der Waals surface area contributed by atoms with Gasteiger partial charge in [0.2, 0.25) is 0 Å². The van der Waals surface area contributed by atoms with Gasteiger partial charge in [-0.2, -0.15) is 0 Å². The number of nitrogens with one attached hydrogen (secondary N) is 1. The Kier molecular flexibility index (Phi) is 5.69. The van der Waals surface area contributed by atoms with Crippen LogP contribution in [0.15, 0.2) is 63.6 Å². The van der Waals surface area contributed by atoms with E-state index in [1.807, 2.05) is 30.3 Å². The van der Waals surface area contributed by atoms with Crippen LogP contribution in [0, 0.1) is 11.7 Å². The maximum atomic E-state index is 13.5. The van der Waals surface area contributed by atoms with Crippen LogP contribution in [0.3, 0.4) is 0 Å². The van der Waals surface area contributed by atoms with Crippen LogP contribution in [0.5, 0.6) is 0 Å². The lowest BCUT2D eigenvalue weighted by molar-refractivity contribution is 0.253. The van der Waals surface area contributed by atoms with Crippen molar-refractivity contribution in [3.05, 3.63) is 76.5 Å². The molecule has 1 aromatic carbocycles. The summed E-state index contributed by atoms with van der Waals surface area (Å²) in [5.41, 5.74) is 1.71. The lowest BCUT2D eigenvalue weighted by Gasteiger charge is -2.27. The molecule has 0 radical (unpaired) electrons. The first kappa shape index (κ1) is 20.0. The average molecular weight is 474 g/mol. The number of rotatable bonds is 5. The Morgan fingerprint density at radius 1 is 1.24 bits per heavy atom. The van der Waals surface area contributed by atoms with Gasteiger partial charge in [-0.15, -0.1) is 0 Å². The first-order valence-electron chi connectivity index (χ1n) is 9.47. The van der Waals surface area contributed by atoms with Gasteiger partial charge in [-0.1, -0.05) is 19.9 Å². The highest BCUT2D eigenvalue weighted by atomic mass is 79.9. The van der Waals surface area contributed by atoms with Crippen molar-refractivity contribution in [2.75, 3.05) is 6.54 Å². The smallest absolute Gasteiger partial charge is 0.170 e. The van der Waals surface area contributed by atoms with Crippen molar-refractivity contribution >= 4 is 33.3 Å². The highest BCUT2D eigenvalue weighted by molar-refractivity contribution is 9.10. The molecule has 2 aromatic heterocycles. The van der Waals surface area contributed by atoms with Gasteiger partial charge in [-0.05, 0) is 76.5 Å². The Balaban J connectivity index is 1.74. The van der Waals surface area contributed by atoms with Crippen molar-refractivity contribution in [3.8, 4) is 11.3 Å². The van der Waals surface area contributed by atoms with Crippen molar-refractivity contribution < 1.29 is 8.81 Å². The van der Waals surface area contributed by atoms with E-state index in [2.05, 4.69) is 45.0 Å². The summed E-state index contributed by atoms with van der Waals surface area (Å²) in [6, 6.07) is 14.1. The first-order valence-corrected chi connectivity index (χ1v) is 10.7. The number of thiocarbonyl (C=S) groups is 1. The number of furan rings is 1. The Labute approximate surface area is 183 Å². The third-order valence-electron chi connectivity index (χ3n) is 4.87. The lowest BCUT2D eigenvalue weighted by atomic mass is 10.0. The van der Waals surface area contributed by atoms with Gasteiger partial charge < -0.3 is 14.6 Å². The van der Waals surface area contributed by atoms with Crippen LogP contribution in [0.25, 0.3) is 11.3 Å². The second-order valence-corrected chi connectivity index (χ2v) is 8.74. The Bertz CT molecular complexity index is 1020. The largest absolute Gasteiger partial charge is 0.459 e. The average Bonchev–Trinajstić information content (AvgIpc) is 3.27. The minimum absolute atomic E-state index is 0.113. The van der Waals surface area contributed by atoms with Crippen molar-refractivity contribution in [2.24, 2.45) is 5.92 Å². The maximum absolute atomic E-state index is 13.5. The van der Waals surface area contributed by atoms with Gasteiger partial charge in [0.15, 0.2) is 5.11 Å². The highest BCUT2D eigenvalue weighted by Crippen LogP contribution is 2.41. The van der Waals surface area contributed by atoms with Crippen LogP contribution in [0.2, 0.25) is 0 Å². The molecule has 1 aliphatic rings. The summed E-state index contributed by atoms with van der Waals surface area (Å²) in [6.07, 6.45) is 1.78. The van der Waals surface area contributed by atoms with Gasteiger partial charge >= 0.3 is 0 Å². The number of hydrogen-bond donors (Lipinski definition) is 1. The standard InChI is InChI=1S/C22H21BrFN3OS/c1-13(2)12-27-21(20(26-22(27)29)17-5-3-4-10-25-17)19-9-8-18(28-19)15-7-6-14(24)11-16(15)23/h3-11,13,20-21H,12H2,1-2H3,(H,26,29)/t20-,21-/m0/s1. The zero-order valence-corrected chi connectivity index (χ0v) is 18.5. The quantitative estimate of drug-likeness (QED) is 0.469. The summed E-state index contributed by atoms with van der Waals surface area (Å²) in [6.45, 7) is 5.13. The van der Waals surface area contributed by atoms with Crippen LogP contribution < -0.4 is 5.32 Å². The van der Waals surface area contributed by atoms with E-state index in [0.29, 0.717) is 21.3 Å². The molecule has 29 heavy (non-hydrogen) atoms. The van der Waals surface area contributed by atoms with Gasteiger partial charge in [0.05, 0.1) is 11.7 Å². The van der Waals surface area contributed by atoms with Gasteiger partial charge in [0.1, 0.15) is 23.4 Å². The summed E-state index contributed by atoms with van der Waals surface area (Å²) in [5, 5.41) is 4.11. The van der Waals surface area contributed by atoms with E-state index < -0.39 is 0 Å². The molecule has 4 nitrogen and oxygen atoms in total. The van der Waals surface area contributed by atoms with E-state index in [4.69, 9.17) is 16.6 Å². The Hall–Kier alpha value is -2.25. The molecule has 2 atom stereocenters. The van der Waals surface area contributed by atoms with Gasteiger partial charge in [0.25, 0.3) is 0 Å². The number of pyridine rings is 1. The molecule has 7 heteroatoms. The summed E-state index contributed by atoms with van der Waals surface area (Å²) in [4.78, 5) is 6.70. The van der Waals surface area contributed by atoms with Crippen molar-refractivity contribution in [1.82, 2.24) is 15.2 Å². The molecule has 150 valence electrons. The van der Waals surface area contributed by atoms with E-state index in [1.165, 1.54) is 12.1 Å². The van der Waals surface area contributed by atoms with Crippen LogP contribution in [0.1, 0.15) is 37.4 Å². The number of aromatic nitrogens is 1. The number of nitrogens with zero attached hydrogens (tertiary/aromatic N) is 2. The second kappa shape index (κ2) is 8.24. The summed E-state index contributed by atoms with van der Waals surface area (Å²) in [5.74, 6) is 1.60. The van der Waals surface area contributed by atoms with Gasteiger partial charge in [0, 0.05) is 22.8 Å². The minimum Gasteiger partial charge on any atom is -0.459 e. The van der Waals surface area contributed by atoms with E-state index in [1.54, 1.807) is 12.3 Å². The SMILES string of the molecule is CC(C)CN1C(=S)N[C@@H](c2ccccn2)[C@@H]1c1ccc(-c2ccc(F)cc2Br)o1. The summed E-state index contributed by atoms with van der Waals surface area (Å²) < 4.78 is 20.4. The van der Waals surface area contributed by atoms with E-state index >= 15 is 0 Å². The topological polar surface area (TPSA) is 41.3 Å². The molecular formula is C22H21BrFN3OS. The molecule has 1 N–H and O–H groups in total. The number of halogens is 2. The monoisotopic (exact) mass is 473 g/mol. The lowest BCUT2D eigenvalue weighted by Crippen LogP contribution is -2.32. The van der Waals surface area contributed by atoms with Crippen LogP contribution in [0.4, 0.5) is 4.39 Å². The molecule has 0 bridgehead atoms. The molecule has 1 aliphatic heterocycles. The van der Waals surface area contributed by atoms with E-state index in [0.717, 1.165) is 23.6 Å². The molecule has 0 saturated carbocycles. The molecule has 1 fully saturated rings. The molecule has 3 heterocycles. The third-order valence-corrected chi connectivity index (χ3v) is 5.88. The van der Waals surface area contributed by atoms with Crippen LogP contribution in [-0.4, -0.2) is 21.5 Å². The van der Waals surface area contributed by atoms with E-state index in [9.17, 15) is 4.39 Å². The maximum Gasteiger partial charge on any atom is 0.170 e. The Morgan fingerprint density at radius 2 is 2.07 bits per heavy atom. The predicted molar refractivity (Wildman–Crippen MR) is 119 cm³/mol. The second-order valence-electron chi connectivity index (χ2n) is 7.50.